The Balaban J connectivity index is 2.24. The lowest BCUT2D eigenvalue weighted by Gasteiger charge is -2.52. The molecule has 1 saturated carbocycles. The number of rotatable bonds is 8. The Morgan fingerprint density at radius 1 is 0.750 bits per heavy atom. The molecule has 2 fully saturated rings. The summed E-state index contributed by atoms with van der Waals surface area (Å²) in [5.41, 5.74) is -0.573. The van der Waals surface area contributed by atoms with Crippen molar-refractivity contribution in [1.82, 2.24) is 26.2 Å². The van der Waals surface area contributed by atoms with Crippen LogP contribution in [0, 0.1) is 5.92 Å². The largest absolute Gasteiger partial charge is 0.491 e. The highest BCUT2D eigenvalue weighted by Gasteiger charge is 2.56. The molecule has 2 heterocycles. The molecule has 23 heteroatoms. The molecule has 0 aromatic heterocycles. The lowest BCUT2D eigenvalue weighted by atomic mass is 9.72. The molecular formula is C45H79N7O16. The minimum Gasteiger partial charge on any atom is -0.491 e. The third-order valence-corrected chi connectivity index (χ3v) is 10.1. The van der Waals surface area contributed by atoms with Gasteiger partial charge in [-0.2, -0.15) is 0 Å². The summed E-state index contributed by atoms with van der Waals surface area (Å²) in [6, 6.07) is -4.76. The fourth-order valence-corrected chi connectivity index (χ4v) is 7.76. The zero-order chi connectivity index (χ0) is 52.1. The molecule has 0 radical (unpaired) electrons. The molecule has 3 rings (SSSR count). The van der Waals surface area contributed by atoms with Crippen LogP contribution in [-0.2, 0) is 37.9 Å². The first-order valence-electron chi connectivity index (χ1n) is 22.7. The van der Waals surface area contributed by atoms with Crippen LogP contribution in [0.4, 0.5) is 24.0 Å². The molecule has 23 nitrogen and oxygen atoms in total. The summed E-state index contributed by atoms with van der Waals surface area (Å²) in [7, 11) is 1.33. The van der Waals surface area contributed by atoms with Crippen molar-refractivity contribution in [2.24, 2.45) is 16.6 Å². The van der Waals surface area contributed by atoms with E-state index in [2.05, 4.69) is 26.3 Å². The van der Waals surface area contributed by atoms with Crippen LogP contribution < -0.4 is 27.0 Å². The van der Waals surface area contributed by atoms with E-state index in [0.717, 1.165) is 4.90 Å². The molecule has 0 bridgehead atoms. The van der Waals surface area contributed by atoms with Gasteiger partial charge in [-0.15, -0.1) is 4.99 Å². The number of hydrogen-bond donors (Lipinski definition) is 8. The zero-order valence-corrected chi connectivity index (χ0v) is 42.8. The Bertz CT molecular complexity index is 1840. The van der Waals surface area contributed by atoms with Gasteiger partial charge in [0, 0.05) is 19.0 Å². The maximum atomic E-state index is 13.7. The Kier molecular flexibility index (Phi) is 18.6. The number of guanidine groups is 1. The normalized spacial score (nSPS) is 29.5. The summed E-state index contributed by atoms with van der Waals surface area (Å²) < 4.78 is 46.5. The summed E-state index contributed by atoms with van der Waals surface area (Å²) in [5, 5.41) is 47.3. The Morgan fingerprint density at radius 2 is 1.25 bits per heavy atom. The number of nitrogens with one attached hydrogen (secondary N) is 4. The van der Waals surface area contributed by atoms with Gasteiger partial charge in [-0.1, -0.05) is 0 Å². The predicted octanol–water partition coefficient (Wildman–Crippen LogP) is 3.65. The van der Waals surface area contributed by atoms with Gasteiger partial charge in [0.15, 0.2) is 6.29 Å². The predicted molar refractivity (Wildman–Crippen MR) is 246 cm³/mol. The van der Waals surface area contributed by atoms with E-state index in [1.54, 1.807) is 110 Å². The molecular weight excluding hydrogens is 895 g/mol. The van der Waals surface area contributed by atoms with Crippen molar-refractivity contribution in [3.05, 3.63) is 11.8 Å². The van der Waals surface area contributed by atoms with E-state index < -0.39 is 137 Å². The second kappa shape index (κ2) is 22.0. The van der Waals surface area contributed by atoms with Gasteiger partial charge in [0.25, 0.3) is 0 Å². The number of aliphatic imine (C=N–C) groups is 1. The molecule has 0 spiro atoms. The smallest absolute Gasteiger partial charge is 0.437 e. The molecule has 11 atom stereocenters. The van der Waals surface area contributed by atoms with Crippen LogP contribution in [0.25, 0.3) is 0 Å². The second-order valence-corrected chi connectivity index (χ2v) is 22.5. The van der Waals surface area contributed by atoms with Gasteiger partial charge in [-0.3, -0.25) is 5.32 Å². The average Bonchev–Trinajstić information content (AvgIpc) is 3.10. The van der Waals surface area contributed by atoms with Crippen LogP contribution in [-0.4, -0.2) is 165 Å². The van der Waals surface area contributed by atoms with Crippen molar-refractivity contribution < 1.29 is 77.2 Å². The van der Waals surface area contributed by atoms with E-state index in [9.17, 15) is 39.3 Å². The summed E-state index contributed by atoms with van der Waals surface area (Å²) in [6.45, 7) is 25.4. The maximum absolute atomic E-state index is 13.7. The Hall–Kier alpha value is -4.68. The number of ether oxygens (including phenoxy) is 8. The lowest BCUT2D eigenvalue weighted by Crippen LogP contribution is -2.71. The Labute approximate surface area is 399 Å². The van der Waals surface area contributed by atoms with Crippen molar-refractivity contribution in [3.8, 4) is 0 Å². The number of hydrogen-bond acceptors (Lipinski definition) is 17. The number of nitrogens with zero attached hydrogens (tertiary/aromatic N) is 2. The number of alkyl carbamates (subject to hydrolysis) is 3. The molecule has 3 aliphatic rings. The van der Waals surface area contributed by atoms with Crippen molar-refractivity contribution in [3.63, 3.8) is 0 Å². The molecule has 0 aromatic carbocycles. The number of amides is 5. The number of aliphatic hydroxyl groups excluding tert-OH is 2. The van der Waals surface area contributed by atoms with E-state index in [1.807, 2.05) is 0 Å². The highest BCUT2D eigenvalue weighted by molar-refractivity contribution is 5.99. The van der Waals surface area contributed by atoms with Crippen LogP contribution in [0.15, 0.2) is 16.8 Å². The maximum Gasteiger partial charge on any atom is 0.437 e. The quantitative estimate of drug-likeness (QED) is 0.0978. The van der Waals surface area contributed by atoms with E-state index in [-0.39, 0.29) is 25.1 Å². The van der Waals surface area contributed by atoms with Crippen LogP contribution in [0.3, 0.4) is 0 Å². The number of carbonyl (C=O) groups is 5. The van der Waals surface area contributed by atoms with Gasteiger partial charge in [-0.05, 0) is 130 Å². The van der Waals surface area contributed by atoms with Crippen LogP contribution in [0.5, 0.6) is 0 Å². The van der Waals surface area contributed by atoms with Gasteiger partial charge in [0.05, 0.1) is 37.4 Å². The summed E-state index contributed by atoms with van der Waals surface area (Å²) in [5.74, 6) is -1.40. The number of carbonyl (C=O) groups excluding carboxylic acids is 5. The molecule has 5 amide bonds. The minimum atomic E-state index is -1.85. The van der Waals surface area contributed by atoms with E-state index >= 15 is 0 Å². The molecule has 1 saturated heterocycles. The van der Waals surface area contributed by atoms with Gasteiger partial charge < -0.3 is 79.8 Å². The zero-order valence-electron chi connectivity index (χ0n) is 42.8. The summed E-state index contributed by atoms with van der Waals surface area (Å²) >= 11 is 0. The minimum absolute atomic E-state index is 0.0756. The molecule has 2 aliphatic heterocycles. The highest BCUT2D eigenvalue weighted by atomic mass is 16.7. The molecule has 1 aliphatic carbocycles. The number of likely N-dealkylation sites (N-methyl/N-ethyl adjacent to an activating group) is 1. The molecule has 0 aromatic rings. The van der Waals surface area contributed by atoms with Gasteiger partial charge in [0.2, 0.25) is 5.96 Å². The third kappa shape index (κ3) is 18.0. The number of nitrogens with two attached hydrogens (primary N) is 1. The molecule has 390 valence electrons. The van der Waals surface area contributed by atoms with Gasteiger partial charge in [-0.25, -0.2) is 24.0 Å². The fraction of sp³-hybridized carbons (Fsp3) is 0.822. The van der Waals surface area contributed by atoms with Crippen LogP contribution >= 0.6 is 0 Å². The van der Waals surface area contributed by atoms with Gasteiger partial charge in [0.1, 0.15) is 57.7 Å². The topological polar surface area (TPSA) is 310 Å². The fourth-order valence-electron chi connectivity index (χ4n) is 7.76. The molecule has 9 N–H and O–H groups in total. The molecule has 68 heavy (non-hydrogen) atoms. The van der Waals surface area contributed by atoms with E-state index in [1.165, 1.54) is 14.0 Å². The first kappa shape index (κ1) is 57.6. The van der Waals surface area contributed by atoms with Crippen molar-refractivity contribution in [2.75, 3.05) is 20.2 Å². The van der Waals surface area contributed by atoms with E-state index in [0.29, 0.717) is 0 Å². The monoisotopic (exact) mass is 974 g/mol. The molecule has 1 unspecified atom stereocenters. The van der Waals surface area contributed by atoms with Crippen LogP contribution in [0.2, 0.25) is 0 Å². The summed E-state index contributed by atoms with van der Waals surface area (Å²) in [4.78, 5) is 71.9. The second-order valence-electron chi connectivity index (χ2n) is 22.5. The summed E-state index contributed by atoms with van der Waals surface area (Å²) in [6.07, 6.45) is -11.2. The average molecular weight is 974 g/mol. The Morgan fingerprint density at radius 3 is 1.75 bits per heavy atom. The third-order valence-electron chi connectivity index (χ3n) is 10.1. The lowest BCUT2D eigenvalue weighted by molar-refractivity contribution is -0.305. The van der Waals surface area contributed by atoms with Gasteiger partial charge >= 0.3 is 30.5 Å². The SMILES string of the molecule is CN(C(=O)OC(C)(C)C)[C@@H]1[C@@H](O)[C@@H](O[C@H]2[C@H](NC(=O)OC(C)(C)C)C[C@H](NC(=O)OC(C)(C)C)C([C@H]3OC(CN)=CC[C@H]3N/C(=N/C(=O)OC(C)(C)C)NC(=O)OC(C)(C)C)[C@@H]2O)OC[C@]1(C)O. The van der Waals surface area contributed by atoms with Crippen molar-refractivity contribution in [1.29, 1.82) is 0 Å². The van der Waals surface area contributed by atoms with E-state index in [4.69, 9.17) is 43.6 Å². The van der Waals surface area contributed by atoms with Crippen molar-refractivity contribution in [2.45, 2.75) is 212 Å². The number of aliphatic hydroxyl groups is 3. The van der Waals surface area contributed by atoms with Crippen molar-refractivity contribution >= 4 is 36.4 Å². The van der Waals surface area contributed by atoms with Crippen LogP contribution in [0.1, 0.15) is 124 Å². The first-order chi connectivity index (χ1) is 30.8. The first-order valence-corrected chi connectivity index (χ1v) is 22.7. The highest BCUT2D eigenvalue weighted by Crippen LogP contribution is 2.39. The standard InChI is InChI=1S/C45H79N7O16/c1-40(2,3)64-35(55)48-25-20-26(49-36(56)65-41(4,5)6)31(63-33-29(54)32(45(16,60)22-61-33)52(17)39(59)68-44(13,14)15)28(53)27(25)30-24(19-18-23(21-46)62-30)47-34(50-37(57)66-42(7,8)9)51-38(58)67-43(10,11)12/h18,24-33,53-54,60H,19-22,46H2,1-17H3,(H,48,55)(H,49,56)(H2,47,50,51,57,58)/t24-,25+,26-,27?,28+,29-,30+,31+,32-,33-,45+/m1/s1.